The third kappa shape index (κ3) is 5.72. The zero-order valence-corrected chi connectivity index (χ0v) is 17.3. The standard InChI is InChI=1S/C24H24F3NO3/c1-3-18(12-22(24(25,26)27)17(2)28-9-5-4-6-10-28)15-30-21-8-7-20-11-19(14-29)16-31-23(20)13-21/h1,7-8,11-14H,4-6,9-10,15-16H2,2H3/b18-12+,22-17-. The Morgan fingerprint density at radius 2 is 2.03 bits per heavy atom. The van der Waals surface area contributed by atoms with Crippen LogP contribution in [0.25, 0.3) is 6.08 Å². The fourth-order valence-corrected chi connectivity index (χ4v) is 3.57. The Kier molecular flexibility index (Phi) is 7.11. The number of ether oxygens (including phenoxy) is 2. The lowest BCUT2D eigenvalue weighted by molar-refractivity contribution is -0.105. The molecule has 4 nitrogen and oxygen atoms in total. The summed E-state index contributed by atoms with van der Waals surface area (Å²) in [4.78, 5) is 12.6. The van der Waals surface area contributed by atoms with Gasteiger partial charge in [0.25, 0.3) is 0 Å². The van der Waals surface area contributed by atoms with Crippen LogP contribution in [0.4, 0.5) is 13.2 Å². The number of terminal acetylenes is 1. The van der Waals surface area contributed by atoms with E-state index in [1.54, 1.807) is 29.2 Å². The zero-order valence-electron chi connectivity index (χ0n) is 17.3. The van der Waals surface area contributed by atoms with E-state index in [1.165, 1.54) is 6.92 Å². The van der Waals surface area contributed by atoms with Gasteiger partial charge in [-0.15, -0.1) is 6.42 Å². The molecule has 0 atom stereocenters. The topological polar surface area (TPSA) is 38.8 Å². The Balaban J connectivity index is 1.78. The number of hydrogen-bond acceptors (Lipinski definition) is 4. The minimum atomic E-state index is -4.52. The van der Waals surface area contributed by atoms with Crippen molar-refractivity contribution >= 4 is 12.4 Å². The first-order valence-electron chi connectivity index (χ1n) is 10.1. The molecule has 7 heteroatoms. The van der Waals surface area contributed by atoms with Crippen LogP contribution in [0.3, 0.4) is 0 Å². The summed E-state index contributed by atoms with van der Waals surface area (Å²) in [6.45, 7) is 2.68. The number of aldehydes is 1. The van der Waals surface area contributed by atoms with Gasteiger partial charge in [-0.2, -0.15) is 13.2 Å². The number of piperidine rings is 1. The second-order valence-electron chi connectivity index (χ2n) is 7.47. The molecule has 3 rings (SSSR count). The zero-order chi connectivity index (χ0) is 22.4. The Morgan fingerprint density at radius 1 is 1.29 bits per heavy atom. The lowest BCUT2D eigenvalue weighted by Gasteiger charge is -2.31. The van der Waals surface area contributed by atoms with Gasteiger partial charge in [-0.05, 0) is 50.5 Å². The Hall–Kier alpha value is -3.14. The van der Waals surface area contributed by atoms with Crippen LogP contribution >= 0.6 is 0 Å². The molecule has 2 aliphatic heterocycles. The van der Waals surface area contributed by atoms with E-state index in [4.69, 9.17) is 15.9 Å². The molecule has 2 aliphatic rings. The van der Waals surface area contributed by atoms with Crippen molar-refractivity contribution in [3.8, 4) is 23.8 Å². The molecule has 0 unspecified atom stereocenters. The van der Waals surface area contributed by atoms with Gasteiger partial charge in [-0.25, -0.2) is 0 Å². The highest BCUT2D eigenvalue weighted by molar-refractivity contribution is 5.84. The van der Waals surface area contributed by atoms with Gasteiger partial charge in [0.05, 0.1) is 5.57 Å². The highest BCUT2D eigenvalue weighted by Crippen LogP contribution is 2.33. The average Bonchev–Trinajstić information content (AvgIpc) is 2.78. The smallest absolute Gasteiger partial charge is 0.418 e. The molecule has 1 saturated heterocycles. The van der Waals surface area contributed by atoms with Gasteiger partial charge in [0.1, 0.15) is 31.0 Å². The summed E-state index contributed by atoms with van der Waals surface area (Å²) in [7, 11) is 0. The number of fused-ring (bicyclic) bond motifs is 1. The highest BCUT2D eigenvalue weighted by Gasteiger charge is 2.35. The SMILES string of the molecule is C#C/C(=C\C(=C(/C)N1CCCCC1)C(F)(F)F)COc1ccc2c(c1)OCC(C=O)=C2. The summed E-state index contributed by atoms with van der Waals surface area (Å²) in [6, 6.07) is 5.00. The van der Waals surface area contributed by atoms with Crippen LogP contribution in [0.1, 0.15) is 31.7 Å². The van der Waals surface area contributed by atoms with Gasteiger partial charge >= 0.3 is 6.18 Å². The first-order chi connectivity index (χ1) is 14.8. The van der Waals surface area contributed by atoms with Crippen LogP contribution in [0.5, 0.6) is 11.5 Å². The maximum Gasteiger partial charge on any atom is 0.418 e. The monoisotopic (exact) mass is 431 g/mol. The predicted molar refractivity (Wildman–Crippen MR) is 113 cm³/mol. The third-order valence-electron chi connectivity index (χ3n) is 5.30. The molecule has 0 aromatic heterocycles. The summed E-state index contributed by atoms with van der Waals surface area (Å²) in [6.07, 6.45) is 7.18. The fourth-order valence-electron chi connectivity index (χ4n) is 3.57. The fraction of sp³-hybridized carbons (Fsp3) is 0.375. The van der Waals surface area contributed by atoms with Crippen molar-refractivity contribution in [1.82, 2.24) is 4.90 Å². The lowest BCUT2D eigenvalue weighted by atomic mass is 10.1. The van der Waals surface area contributed by atoms with Crippen molar-refractivity contribution in [2.75, 3.05) is 26.3 Å². The average molecular weight is 431 g/mol. The van der Waals surface area contributed by atoms with Crippen LogP contribution in [0, 0.1) is 12.3 Å². The first kappa shape index (κ1) is 22.5. The number of nitrogens with zero attached hydrogens (tertiary/aromatic N) is 1. The van der Waals surface area contributed by atoms with E-state index in [9.17, 15) is 18.0 Å². The van der Waals surface area contributed by atoms with Crippen molar-refractivity contribution in [3.05, 3.63) is 52.3 Å². The molecule has 0 amide bonds. The van der Waals surface area contributed by atoms with Gasteiger partial charge in [0, 0.05) is 41.6 Å². The number of halogens is 3. The molecule has 0 spiro atoms. The minimum absolute atomic E-state index is 0.0884. The number of hydrogen-bond donors (Lipinski definition) is 0. The maximum absolute atomic E-state index is 13.7. The first-order valence-corrected chi connectivity index (χ1v) is 10.1. The summed E-state index contributed by atoms with van der Waals surface area (Å²) >= 11 is 0. The second-order valence-corrected chi connectivity index (χ2v) is 7.47. The molecule has 31 heavy (non-hydrogen) atoms. The van der Waals surface area contributed by atoms with Crippen LogP contribution in [0.2, 0.25) is 0 Å². The van der Waals surface area contributed by atoms with E-state index < -0.39 is 11.7 Å². The number of likely N-dealkylation sites (tertiary alicyclic amines) is 1. The molecule has 0 bridgehead atoms. The quantitative estimate of drug-likeness (QED) is 0.364. The van der Waals surface area contributed by atoms with Gasteiger partial charge in [0.15, 0.2) is 0 Å². The number of carbonyl (C=O) groups excluding carboxylic acids is 1. The Morgan fingerprint density at radius 3 is 2.68 bits per heavy atom. The molecule has 2 heterocycles. The molecule has 1 aromatic rings. The van der Waals surface area contributed by atoms with Gasteiger partial charge < -0.3 is 14.4 Å². The van der Waals surface area contributed by atoms with Gasteiger partial charge in [-0.3, -0.25) is 4.79 Å². The number of alkyl halides is 3. The maximum atomic E-state index is 13.7. The summed E-state index contributed by atoms with van der Waals surface area (Å²) in [5.41, 5.74) is 0.777. The number of carbonyl (C=O) groups is 1. The van der Waals surface area contributed by atoms with Crippen LogP contribution in [-0.4, -0.2) is 43.7 Å². The van der Waals surface area contributed by atoms with E-state index in [2.05, 4.69) is 5.92 Å². The molecule has 0 radical (unpaired) electrons. The summed E-state index contributed by atoms with van der Waals surface area (Å²) in [5, 5.41) is 0. The normalized spacial score (nSPS) is 17.6. The molecular formula is C24H24F3NO3. The van der Waals surface area contributed by atoms with Crippen molar-refractivity contribution in [2.24, 2.45) is 0 Å². The second kappa shape index (κ2) is 9.78. The minimum Gasteiger partial charge on any atom is -0.488 e. The number of rotatable bonds is 6. The summed E-state index contributed by atoms with van der Waals surface area (Å²) in [5.74, 6) is 3.26. The molecule has 1 aromatic carbocycles. The molecular weight excluding hydrogens is 407 g/mol. The molecule has 1 fully saturated rings. The van der Waals surface area contributed by atoms with Crippen molar-refractivity contribution in [1.29, 1.82) is 0 Å². The van der Waals surface area contributed by atoms with E-state index in [0.29, 0.717) is 30.2 Å². The Bertz CT molecular complexity index is 961. The largest absolute Gasteiger partial charge is 0.488 e. The number of benzene rings is 1. The van der Waals surface area contributed by atoms with Crippen molar-refractivity contribution < 1.29 is 27.4 Å². The summed E-state index contributed by atoms with van der Waals surface area (Å²) < 4.78 is 52.4. The van der Waals surface area contributed by atoms with Crippen LogP contribution < -0.4 is 9.47 Å². The highest BCUT2D eigenvalue weighted by atomic mass is 19.4. The number of allylic oxidation sites excluding steroid dienone is 3. The van der Waals surface area contributed by atoms with Gasteiger partial charge in [-0.1, -0.05) is 5.92 Å². The van der Waals surface area contributed by atoms with E-state index >= 15 is 0 Å². The Labute approximate surface area is 180 Å². The third-order valence-corrected chi connectivity index (χ3v) is 5.30. The van der Waals surface area contributed by atoms with E-state index in [1.807, 2.05) is 0 Å². The van der Waals surface area contributed by atoms with E-state index in [-0.39, 0.29) is 24.5 Å². The van der Waals surface area contributed by atoms with E-state index in [0.717, 1.165) is 37.2 Å². The van der Waals surface area contributed by atoms with Crippen LogP contribution in [0.15, 0.2) is 46.7 Å². The van der Waals surface area contributed by atoms with Gasteiger partial charge in [0.2, 0.25) is 0 Å². The molecule has 0 aliphatic carbocycles. The lowest BCUT2D eigenvalue weighted by Crippen LogP contribution is -2.31. The molecule has 0 saturated carbocycles. The predicted octanol–water partition coefficient (Wildman–Crippen LogP) is 4.92. The van der Waals surface area contributed by atoms with Crippen molar-refractivity contribution in [3.63, 3.8) is 0 Å². The van der Waals surface area contributed by atoms with Crippen LogP contribution in [-0.2, 0) is 4.79 Å². The van der Waals surface area contributed by atoms with Crippen molar-refractivity contribution in [2.45, 2.75) is 32.4 Å². The molecule has 164 valence electrons. The molecule has 0 N–H and O–H groups in total.